The molecule has 10 aromatic rings. The second-order valence-electron chi connectivity index (χ2n) is 15.6. The van der Waals surface area contributed by atoms with E-state index in [-0.39, 0.29) is 0 Å². The highest BCUT2D eigenvalue weighted by molar-refractivity contribution is 7.50. The highest BCUT2D eigenvalue weighted by Crippen LogP contribution is 2.59. The van der Waals surface area contributed by atoms with Crippen molar-refractivity contribution in [1.29, 1.82) is 0 Å². The van der Waals surface area contributed by atoms with Gasteiger partial charge in [0.05, 0.1) is 22.1 Å². The van der Waals surface area contributed by atoms with Crippen LogP contribution in [-0.2, 0) is 5.41 Å². The highest BCUT2D eigenvalue weighted by atomic mass is 31.2. The van der Waals surface area contributed by atoms with Crippen LogP contribution in [0.3, 0.4) is 0 Å². The van der Waals surface area contributed by atoms with E-state index in [1.54, 1.807) is 0 Å². The maximum atomic E-state index is 7.39. The van der Waals surface area contributed by atoms with Crippen LogP contribution in [0, 0.1) is 13.8 Å². The zero-order chi connectivity index (χ0) is 39.1. The number of aromatic nitrogens is 4. The molecule has 0 saturated carbocycles. The molecule has 0 unspecified atom stereocenters. The third-order valence-electron chi connectivity index (χ3n) is 11.4. The third-order valence-corrected chi connectivity index (χ3v) is 15.0. The van der Waals surface area contributed by atoms with E-state index in [9.17, 15) is 0 Å². The number of hydrogen-bond donors (Lipinski definition) is 0. The topological polar surface area (TPSA) is 47.4 Å². The Morgan fingerprint density at radius 3 is 1.07 bits per heavy atom. The molecule has 0 spiro atoms. The Bertz CT molecular complexity index is 2850. The average Bonchev–Trinajstić information content (AvgIpc) is 4.05. The Labute approximate surface area is 339 Å². The highest BCUT2D eigenvalue weighted by Gasteiger charge is 2.40. The first-order chi connectivity index (χ1) is 28.3. The van der Waals surface area contributed by atoms with Crippen LogP contribution in [0.4, 0.5) is 0 Å². The first kappa shape index (κ1) is 34.9. The summed E-state index contributed by atoms with van der Waals surface area (Å²) in [5.41, 5.74) is 8.34. The van der Waals surface area contributed by atoms with Gasteiger partial charge < -0.3 is 13.8 Å². The molecule has 1 aliphatic rings. The number of rotatable bonds is 8. The van der Waals surface area contributed by atoms with E-state index in [4.69, 9.17) is 13.8 Å². The molecule has 0 radical (unpaired) electrons. The number of para-hydroxylation sites is 4. The lowest BCUT2D eigenvalue weighted by Gasteiger charge is -2.37. The molecule has 1 aliphatic heterocycles. The van der Waals surface area contributed by atoms with Gasteiger partial charge in [0.15, 0.2) is 23.0 Å². The largest absolute Gasteiger partial charge is 0.449 e. The van der Waals surface area contributed by atoms with E-state index in [1.807, 2.05) is 0 Å². The number of benzene rings is 6. The van der Waals surface area contributed by atoms with E-state index < -0.39 is 22.3 Å². The molecule has 0 atom stereocenters. The Balaban J connectivity index is 1.07. The van der Waals surface area contributed by atoms with E-state index >= 15 is 0 Å². The molecule has 11 rings (SSSR count). The minimum Gasteiger partial charge on any atom is -0.449 e. The smallest absolute Gasteiger partial charge is 0.318 e. The SMILES string of the molecule is Cc1cc(OP(n2ccc3ccccc32)n2ccc3ccccc32)c2c(c1)C(C)(C)c1cc(C)cc(OP(n3ccc4ccccc43)n3ccc4ccccc43)c1O2. The average molecular weight is 795 g/mol. The van der Waals surface area contributed by atoms with Gasteiger partial charge in [-0.3, -0.25) is 17.4 Å². The third kappa shape index (κ3) is 5.56. The first-order valence-electron chi connectivity index (χ1n) is 19.5. The van der Waals surface area contributed by atoms with Crippen molar-refractivity contribution < 1.29 is 13.8 Å². The maximum absolute atomic E-state index is 7.39. The molecule has 0 amide bonds. The summed E-state index contributed by atoms with van der Waals surface area (Å²) in [7, 11) is -2.94. The lowest BCUT2D eigenvalue weighted by Crippen LogP contribution is -2.25. The molecule has 284 valence electrons. The van der Waals surface area contributed by atoms with Gasteiger partial charge in [-0.25, -0.2) is 0 Å². The van der Waals surface area contributed by atoms with Gasteiger partial charge in [-0.1, -0.05) is 98.8 Å². The first-order valence-corrected chi connectivity index (χ1v) is 21.8. The van der Waals surface area contributed by atoms with Gasteiger partial charge in [0.25, 0.3) is 0 Å². The van der Waals surface area contributed by atoms with Crippen LogP contribution in [0.15, 0.2) is 170 Å². The Hall–Kier alpha value is -6.26. The standard InChI is InChI=1S/C49H40N4O3P2/c1-33-29-39-47(45(31-33)55-57(50-25-21-35-13-5-9-17-41(35)50)51-26-22-36-14-6-10-18-42(36)51)54-48-40(49(39,3)4)30-34(2)32-46(48)56-58(52-27-23-37-15-7-11-19-43(37)52)53-28-24-38-16-8-12-20-44(38)53/h5-32H,1-4H3. The van der Waals surface area contributed by atoms with Crippen molar-refractivity contribution in [3.8, 4) is 23.0 Å². The van der Waals surface area contributed by atoms with Gasteiger partial charge >= 0.3 is 16.9 Å². The number of hydrogen-bond acceptors (Lipinski definition) is 3. The van der Waals surface area contributed by atoms with Gasteiger partial charge in [0.2, 0.25) is 0 Å². The van der Waals surface area contributed by atoms with E-state index in [2.05, 4.69) is 215 Å². The van der Waals surface area contributed by atoms with Crippen LogP contribution >= 0.6 is 16.9 Å². The van der Waals surface area contributed by atoms with Crippen molar-refractivity contribution in [3.05, 3.63) is 193 Å². The number of nitrogens with zero attached hydrogens (tertiary/aromatic N) is 4. The molecular formula is C49H40N4O3P2. The predicted molar refractivity (Wildman–Crippen MR) is 239 cm³/mol. The zero-order valence-electron chi connectivity index (χ0n) is 32.6. The van der Waals surface area contributed by atoms with Gasteiger partial charge in [0, 0.05) is 62.9 Å². The predicted octanol–water partition coefficient (Wildman–Crippen LogP) is 14.0. The van der Waals surface area contributed by atoms with Crippen LogP contribution in [0.25, 0.3) is 43.6 Å². The molecule has 58 heavy (non-hydrogen) atoms. The van der Waals surface area contributed by atoms with Crippen LogP contribution in [-0.4, -0.2) is 17.4 Å². The summed E-state index contributed by atoms with van der Waals surface area (Å²) in [6.45, 7) is 8.84. The summed E-state index contributed by atoms with van der Waals surface area (Å²) in [6.07, 6.45) is 8.56. The molecule has 4 aromatic heterocycles. The number of aryl methyl sites for hydroxylation is 2. The summed E-state index contributed by atoms with van der Waals surface area (Å²) in [5.74, 6) is 2.80. The molecule has 7 nitrogen and oxygen atoms in total. The molecular weight excluding hydrogens is 755 g/mol. The Morgan fingerprint density at radius 2 is 0.741 bits per heavy atom. The monoisotopic (exact) mass is 794 g/mol. The molecule has 9 heteroatoms. The van der Waals surface area contributed by atoms with E-state index in [0.717, 1.165) is 65.9 Å². The van der Waals surface area contributed by atoms with Crippen LogP contribution in [0.5, 0.6) is 23.0 Å². The molecule has 0 bridgehead atoms. The van der Waals surface area contributed by atoms with Crippen molar-refractivity contribution >= 4 is 60.5 Å². The zero-order valence-corrected chi connectivity index (χ0v) is 34.4. The van der Waals surface area contributed by atoms with Crippen molar-refractivity contribution in [2.75, 3.05) is 0 Å². The van der Waals surface area contributed by atoms with Crippen LogP contribution in [0.2, 0.25) is 0 Å². The second-order valence-corrected chi connectivity index (χ2v) is 18.7. The molecule has 6 aromatic carbocycles. The molecule has 0 fully saturated rings. The minimum absolute atomic E-state index is 0.441. The van der Waals surface area contributed by atoms with Crippen LogP contribution in [0.1, 0.15) is 36.1 Å². The van der Waals surface area contributed by atoms with Gasteiger partial charge in [-0.2, -0.15) is 0 Å². The molecule has 0 aliphatic carbocycles. The summed E-state index contributed by atoms with van der Waals surface area (Å²) >= 11 is 0. The number of fused-ring (bicyclic) bond motifs is 6. The molecule has 0 N–H and O–H groups in total. The quantitative estimate of drug-likeness (QED) is 0.144. The Morgan fingerprint density at radius 1 is 0.431 bits per heavy atom. The van der Waals surface area contributed by atoms with Crippen molar-refractivity contribution in [1.82, 2.24) is 17.4 Å². The van der Waals surface area contributed by atoms with Gasteiger partial charge in [-0.05, 0) is 85.6 Å². The summed E-state index contributed by atoms with van der Waals surface area (Å²) in [4.78, 5) is 0. The van der Waals surface area contributed by atoms with Gasteiger partial charge in [0.1, 0.15) is 0 Å². The van der Waals surface area contributed by atoms with E-state index in [1.165, 1.54) is 0 Å². The second kappa shape index (κ2) is 13.4. The number of ether oxygens (including phenoxy) is 1. The fraction of sp³-hybridized carbons (Fsp3) is 0.102. The molecule has 5 heterocycles. The van der Waals surface area contributed by atoms with Crippen molar-refractivity contribution in [2.45, 2.75) is 33.1 Å². The van der Waals surface area contributed by atoms with Crippen molar-refractivity contribution in [2.24, 2.45) is 0 Å². The fourth-order valence-electron chi connectivity index (χ4n) is 8.43. The fourth-order valence-corrected chi connectivity index (χ4v) is 12.0. The summed E-state index contributed by atoms with van der Waals surface area (Å²) in [6, 6.07) is 51.3. The summed E-state index contributed by atoms with van der Waals surface area (Å²) in [5, 5.41) is 4.64. The van der Waals surface area contributed by atoms with Crippen molar-refractivity contribution in [3.63, 3.8) is 0 Å². The summed E-state index contributed by atoms with van der Waals surface area (Å²) < 4.78 is 31.1. The molecule has 0 saturated heterocycles. The van der Waals surface area contributed by atoms with E-state index in [0.29, 0.717) is 23.0 Å². The lowest BCUT2D eigenvalue weighted by atomic mass is 9.74. The normalized spacial score (nSPS) is 13.4. The lowest BCUT2D eigenvalue weighted by molar-refractivity contribution is 0.384. The van der Waals surface area contributed by atoms with Gasteiger partial charge in [-0.15, -0.1) is 0 Å². The Kier molecular flexibility index (Phi) is 8.08. The van der Waals surface area contributed by atoms with Crippen LogP contribution < -0.4 is 13.8 Å². The maximum Gasteiger partial charge on any atom is 0.318 e. The minimum atomic E-state index is -1.47.